The van der Waals surface area contributed by atoms with Gasteiger partial charge in [-0.25, -0.2) is 8.78 Å². The molecule has 0 aliphatic carbocycles. The number of carbonyl (C=O) groups excluding carboxylic acids is 1. The molecule has 0 spiro atoms. The lowest BCUT2D eigenvalue weighted by molar-refractivity contribution is -0.122. The summed E-state index contributed by atoms with van der Waals surface area (Å²) in [6.45, 7) is 1.58. The third-order valence-electron chi connectivity index (χ3n) is 3.29. The average molecular weight is 306 g/mol. The molecule has 0 aliphatic heterocycles. The predicted octanol–water partition coefficient (Wildman–Crippen LogP) is 2.39. The molecule has 116 valence electrons. The summed E-state index contributed by atoms with van der Waals surface area (Å²) in [4.78, 5) is 23.6. The van der Waals surface area contributed by atoms with E-state index in [9.17, 15) is 18.4 Å². The summed E-state index contributed by atoms with van der Waals surface area (Å²) in [6, 6.07) is 7.03. The zero-order valence-corrected chi connectivity index (χ0v) is 12.1. The maximum atomic E-state index is 13.8. The molecule has 2 aromatic rings. The highest BCUT2D eigenvalue weighted by molar-refractivity contribution is 5.76. The molecule has 1 atom stereocenters. The number of rotatable bonds is 5. The fraction of sp³-hybridized carbons (Fsp3) is 0.250. The first-order valence-electron chi connectivity index (χ1n) is 6.91. The molecule has 1 amide bonds. The number of aromatic nitrogens is 1. The number of pyridine rings is 1. The largest absolute Gasteiger partial charge is 0.348 e. The van der Waals surface area contributed by atoms with Crippen LogP contribution in [0, 0.1) is 11.6 Å². The normalized spacial score (nSPS) is 12.0. The van der Waals surface area contributed by atoms with Gasteiger partial charge in [0.05, 0.1) is 6.04 Å². The van der Waals surface area contributed by atoms with Gasteiger partial charge in [0.15, 0.2) is 0 Å². The van der Waals surface area contributed by atoms with Crippen LogP contribution in [0.15, 0.2) is 47.4 Å². The molecular formula is C16H16F2N2O2. The monoisotopic (exact) mass is 306 g/mol. The van der Waals surface area contributed by atoms with Crippen molar-refractivity contribution in [2.75, 3.05) is 0 Å². The predicted molar refractivity (Wildman–Crippen MR) is 78.2 cm³/mol. The average Bonchev–Trinajstić information content (AvgIpc) is 2.50. The van der Waals surface area contributed by atoms with Crippen LogP contribution in [0.4, 0.5) is 8.78 Å². The van der Waals surface area contributed by atoms with Gasteiger partial charge >= 0.3 is 0 Å². The minimum absolute atomic E-state index is 0.0938. The van der Waals surface area contributed by atoms with Gasteiger partial charge in [-0.2, -0.15) is 0 Å². The van der Waals surface area contributed by atoms with Crippen molar-refractivity contribution < 1.29 is 13.6 Å². The first-order valence-corrected chi connectivity index (χ1v) is 6.91. The number of nitrogens with zero attached hydrogens (tertiary/aromatic N) is 1. The molecule has 0 bridgehead atoms. The van der Waals surface area contributed by atoms with Crippen LogP contribution in [-0.2, 0) is 11.3 Å². The highest BCUT2D eigenvalue weighted by atomic mass is 19.1. The Balaban J connectivity index is 2.13. The SMILES string of the molecule is CC[C@H](NC(=O)Cn1ccccc1=O)c1cc(F)ccc1F. The quantitative estimate of drug-likeness (QED) is 0.922. The summed E-state index contributed by atoms with van der Waals surface area (Å²) < 4.78 is 28.3. The topological polar surface area (TPSA) is 51.1 Å². The lowest BCUT2D eigenvalue weighted by Crippen LogP contribution is -2.34. The van der Waals surface area contributed by atoms with Crippen molar-refractivity contribution in [3.05, 3.63) is 70.1 Å². The Kier molecular flexibility index (Phi) is 5.04. The smallest absolute Gasteiger partial charge is 0.250 e. The molecule has 1 N–H and O–H groups in total. The third-order valence-corrected chi connectivity index (χ3v) is 3.29. The molecule has 4 nitrogen and oxygen atoms in total. The van der Waals surface area contributed by atoms with Gasteiger partial charge < -0.3 is 9.88 Å². The molecule has 0 radical (unpaired) electrons. The van der Waals surface area contributed by atoms with Crippen molar-refractivity contribution in [2.45, 2.75) is 25.9 Å². The Hall–Kier alpha value is -2.50. The van der Waals surface area contributed by atoms with Gasteiger partial charge in [-0.05, 0) is 30.7 Å². The summed E-state index contributed by atoms with van der Waals surface area (Å²) in [5.74, 6) is -1.59. The van der Waals surface area contributed by atoms with Crippen molar-refractivity contribution in [2.24, 2.45) is 0 Å². The van der Waals surface area contributed by atoms with Gasteiger partial charge in [-0.3, -0.25) is 9.59 Å². The van der Waals surface area contributed by atoms with Crippen LogP contribution in [-0.4, -0.2) is 10.5 Å². The maximum Gasteiger partial charge on any atom is 0.250 e. The van der Waals surface area contributed by atoms with Crippen molar-refractivity contribution in [3.63, 3.8) is 0 Å². The Labute approximate surface area is 126 Å². The third kappa shape index (κ3) is 3.78. The van der Waals surface area contributed by atoms with Crippen LogP contribution in [0.2, 0.25) is 0 Å². The second-order valence-electron chi connectivity index (χ2n) is 4.86. The van der Waals surface area contributed by atoms with Crippen molar-refractivity contribution in [1.29, 1.82) is 0 Å². The fourth-order valence-corrected chi connectivity index (χ4v) is 2.17. The summed E-state index contributed by atoms with van der Waals surface area (Å²) in [5, 5.41) is 2.62. The molecule has 0 saturated carbocycles. The standard InChI is InChI=1S/C16H16F2N2O2/c1-2-14(12-9-11(17)6-7-13(12)18)19-15(21)10-20-8-4-3-5-16(20)22/h3-9,14H,2,10H2,1H3,(H,19,21)/t14-/m0/s1. The molecule has 1 heterocycles. The van der Waals surface area contributed by atoms with Gasteiger partial charge in [-0.15, -0.1) is 0 Å². The zero-order valence-electron chi connectivity index (χ0n) is 12.1. The lowest BCUT2D eigenvalue weighted by Gasteiger charge is -2.18. The van der Waals surface area contributed by atoms with Crippen LogP contribution in [0.1, 0.15) is 24.9 Å². The van der Waals surface area contributed by atoms with Crippen LogP contribution >= 0.6 is 0 Å². The van der Waals surface area contributed by atoms with E-state index in [1.165, 1.54) is 16.8 Å². The van der Waals surface area contributed by atoms with Gasteiger partial charge in [-0.1, -0.05) is 13.0 Å². The fourth-order valence-electron chi connectivity index (χ4n) is 2.17. The second-order valence-corrected chi connectivity index (χ2v) is 4.86. The lowest BCUT2D eigenvalue weighted by atomic mass is 10.0. The molecule has 0 unspecified atom stereocenters. The number of hydrogen-bond donors (Lipinski definition) is 1. The Morgan fingerprint density at radius 3 is 2.73 bits per heavy atom. The van der Waals surface area contributed by atoms with E-state index in [0.717, 1.165) is 18.2 Å². The first kappa shape index (κ1) is 15.9. The first-order chi connectivity index (χ1) is 10.5. The number of hydrogen-bond acceptors (Lipinski definition) is 2. The molecule has 2 rings (SSSR count). The van der Waals surface area contributed by atoms with E-state index in [2.05, 4.69) is 5.32 Å². The molecule has 6 heteroatoms. The van der Waals surface area contributed by atoms with Gasteiger partial charge in [0.2, 0.25) is 5.91 Å². The summed E-state index contributed by atoms with van der Waals surface area (Å²) >= 11 is 0. The van der Waals surface area contributed by atoms with E-state index in [1.54, 1.807) is 19.1 Å². The number of halogens is 2. The van der Waals surface area contributed by atoms with Gasteiger partial charge in [0.25, 0.3) is 5.56 Å². The van der Waals surface area contributed by atoms with Crippen LogP contribution in [0.5, 0.6) is 0 Å². The molecule has 1 aromatic carbocycles. The van der Waals surface area contributed by atoms with Crippen molar-refractivity contribution in [1.82, 2.24) is 9.88 Å². The number of nitrogens with one attached hydrogen (secondary N) is 1. The van der Waals surface area contributed by atoms with Crippen molar-refractivity contribution >= 4 is 5.91 Å². The van der Waals surface area contributed by atoms with Crippen LogP contribution in [0.25, 0.3) is 0 Å². The van der Waals surface area contributed by atoms with E-state index in [-0.39, 0.29) is 17.7 Å². The highest BCUT2D eigenvalue weighted by Gasteiger charge is 2.17. The van der Waals surface area contributed by atoms with Crippen LogP contribution in [0.3, 0.4) is 0 Å². The van der Waals surface area contributed by atoms with Crippen molar-refractivity contribution in [3.8, 4) is 0 Å². The molecule has 0 fully saturated rings. The minimum Gasteiger partial charge on any atom is -0.348 e. The molecular weight excluding hydrogens is 290 g/mol. The Morgan fingerprint density at radius 2 is 2.05 bits per heavy atom. The van der Waals surface area contributed by atoms with E-state index in [0.29, 0.717) is 6.42 Å². The van der Waals surface area contributed by atoms with E-state index in [4.69, 9.17) is 0 Å². The molecule has 0 aliphatic rings. The zero-order chi connectivity index (χ0) is 16.1. The second kappa shape index (κ2) is 6.98. The maximum absolute atomic E-state index is 13.8. The van der Waals surface area contributed by atoms with Crippen LogP contribution < -0.4 is 10.9 Å². The van der Waals surface area contributed by atoms with E-state index >= 15 is 0 Å². The Bertz CT molecular complexity index is 728. The number of carbonyl (C=O) groups is 1. The number of benzene rings is 1. The molecule has 1 aromatic heterocycles. The van der Waals surface area contributed by atoms with E-state index < -0.39 is 23.6 Å². The van der Waals surface area contributed by atoms with Gasteiger partial charge in [0.1, 0.15) is 18.2 Å². The summed E-state index contributed by atoms with van der Waals surface area (Å²) in [5.41, 5.74) is -0.209. The Morgan fingerprint density at radius 1 is 1.27 bits per heavy atom. The molecule has 22 heavy (non-hydrogen) atoms. The van der Waals surface area contributed by atoms with E-state index in [1.807, 2.05) is 0 Å². The van der Waals surface area contributed by atoms with Gasteiger partial charge in [0, 0.05) is 17.8 Å². The summed E-state index contributed by atoms with van der Waals surface area (Å²) in [6.07, 6.45) is 1.89. The molecule has 0 saturated heterocycles. The summed E-state index contributed by atoms with van der Waals surface area (Å²) in [7, 11) is 0. The minimum atomic E-state index is -0.650. The number of amides is 1. The highest BCUT2D eigenvalue weighted by Crippen LogP contribution is 2.21.